The Morgan fingerprint density at radius 3 is 2.59 bits per heavy atom. The predicted molar refractivity (Wildman–Crippen MR) is 166 cm³/mol. The zero-order valence-electron chi connectivity index (χ0n) is 25.3. The van der Waals surface area contributed by atoms with Crippen LogP contribution in [0.15, 0.2) is 42.5 Å². The van der Waals surface area contributed by atoms with Gasteiger partial charge in [-0.05, 0) is 62.1 Å². The van der Waals surface area contributed by atoms with Gasteiger partial charge < -0.3 is 19.1 Å². The molecule has 0 radical (unpaired) electrons. The smallest absolute Gasteiger partial charge is 0.309 e. The molecule has 3 aromatic heterocycles. The third kappa shape index (κ3) is 8.89. The van der Waals surface area contributed by atoms with Crippen LogP contribution in [0, 0.1) is 23.0 Å². The van der Waals surface area contributed by atoms with Crippen LogP contribution in [0.1, 0.15) is 62.2 Å². The molecule has 1 N–H and O–H groups in total. The number of imidazole rings is 1. The van der Waals surface area contributed by atoms with Gasteiger partial charge in [-0.1, -0.05) is 24.4 Å². The molecule has 5 rings (SSSR count). The fraction of sp³-hybridized carbons (Fsp3) is 0.424. The summed E-state index contributed by atoms with van der Waals surface area (Å²) in [7, 11) is 0. The second-order valence-corrected chi connectivity index (χ2v) is 11.7. The van der Waals surface area contributed by atoms with Gasteiger partial charge in [-0.15, -0.1) is 0 Å². The summed E-state index contributed by atoms with van der Waals surface area (Å²) in [6, 6.07) is 12.4. The molecule has 46 heavy (non-hydrogen) atoms. The largest absolute Gasteiger partial charge is 0.484 e. The molecule has 13 heteroatoms. The van der Waals surface area contributed by atoms with Crippen molar-refractivity contribution in [2.45, 2.75) is 77.2 Å². The summed E-state index contributed by atoms with van der Waals surface area (Å²) in [5.41, 5.74) is 1.91. The van der Waals surface area contributed by atoms with E-state index in [-0.39, 0.29) is 41.5 Å². The highest BCUT2D eigenvalue weighted by Gasteiger charge is 2.24. The van der Waals surface area contributed by atoms with Crippen molar-refractivity contribution in [3.8, 4) is 17.7 Å². The number of nitrogens with zero attached hydrogens (tertiary/aromatic N) is 6. The quantitative estimate of drug-likeness (QED) is 0.144. The minimum atomic E-state index is -0.936. The second kappa shape index (κ2) is 15.8. The molecule has 0 atom stereocenters. The number of likely N-dealkylation sites (tertiary alicyclic amines) is 1. The van der Waals surface area contributed by atoms with Crippen molar-refractivity contribution in [3.05, 3.63) is 76.3 Å². The first kappa shape index (κ1) is 33.0. The molecule has 1 saturated heterocycles. The zero-order valence-corrected chi connectivity index (χ0v) is 26.1. The van der Waals surface area contributed by atoms with E-state index in [2.05, 4.69) is 25.5 Å². The highest BCUT2D eigenvalue weighted by Crippen LogP contribution is 2.25. The molecule has 0 spiro atoms. The number of rotatable bonds is 15. The summed E-state index contributed by atoms with van der Waals surface area (Å²) < 4.78 is 42.1. The zero-order chi connectivity index (χ0) is 32.5. The molecular formula is C33H35ClF2N6O4. The van der Waals surface area contributed by atoms with Crippen molar-refractivity contribution >= 4 is 28.7 Å². The monoisotopic (exact) mass is 652 g/mol. The molecule has 1 aliphatic heterocycles. The Balaban J connectivity index is 1.19. The lowest BCUT2D eigenvalue weighted by atomic mass is 10.1. The Morgan fingerprint density at radius 1 is 1.02 bits per heavy atom. The summed E-state index contributed by atoms with van der Waals surface area (Å²) in [6.45, 7) is 2.52. The average Bonchev–Trinajstić information content (AvgIpc) is 3.36. The number of aryl methyl sites for hydroxylation is 1. The van der Waals surface area contributed by atoms with Gasteiger partial charge in [0, 0.05) is 37.1 Å². The summed E-state index contributed by atoms with van der Waals surface area (Å²) in [5.74, 6) is -1.07. The number of halogens is 3. The van der Waals surface area contributed by atoms with Gasteiger partial charge in [-0.2, -0.15) is 5.26 Å². The van der Waals surface area contributed by atoms with Crippen LogP contribution in [0.25, 0.3) is 11.2 Å². The first-order valence-corrected chi connectivity index (χ1v) is 15.7. The maximum Gasteiger partial charge on any atom is 0.309 e. The lowest BCUT2D eigenvalue weighted by Gasteiger charge is -2.31. The van der Waals surface area contributed by atoms with E-state index in [0.717, 1.165) is 69.0 Å². The van der Waals surface area contributed by atoms with E-state index in [4.69, 9.17) is 31.3 Å². The number of nitriles is 1. The van der Waals surface area contributed by atoms with Crippen LogP contribution in [0.3, 0.4) is 0 Å². The molecular weight excluding hydrogens is 618 g/mol. The predicted octanol–water partition coefficient (Wildman–Crippen LogP) is 6.48. The molecule has 4 aromatic rings. The molecule has 0 saturated carbocycles. The summed E-state index contributed by atoms with van der Waals surface area (Å²) in [5, 5.41) is 18.3. The molecule has 0 amide bonds. The van der Waals surface area contributed by atoms with E-state index in [1.807, 2.05) is 6.07 Å². The van der Waals surface area contributed by atoms with E-state index in [1.54, 1.807) is 6.07 Å². The highest BCUT2D eigenvalue weighted by atomic mass is 35.5. The third-order valence-corrected chi connectivity index (χ3v) is 8.06. The van der Waals surface area contributed by atoms with Gasteiger partial charge in [0.25, 0.3) is 0 Å². The number of carbonyl (C=O) groups is 1. The van der Waals surface area contributed by atoms with Crippen LogP contribution in [0.2, 0.25) is 5.02 Å². The molecule has 0 aliphatic carbocycles. The molecule has 1 aliphatic rings. The van der Waals surface area contributed by atoms with E-state index in [1.165, 1.54) is 24.3 Å². The Morgan fingerprint density at radius 2 is 1.83 bits per heavy atom. The van der Waals surface area contributed by atoms with Crippen LogP contribution < -0.4 is 9.47 Å². The molecule has 0 bridgehead atoms. The number of benzene rings is 1. The van der Waals surface area contributed by atoms with Crippen molar-refractivity contribution in [1.29, 1.82) is 5.26 Å². The number of hydrogen-bond donors (Lipinski definition) is 1. The highest BCUT2D eigenvalue weighted by molar-refractivity contribution is 6.30. The summed E-state index contributed by atoms with van der Waals surface area (Å²) in [6.07, 6.45) is 5.44. The maximum atomic E-state index is 14.4. The van der Waals surface area contributed by atoms with Gasteiger partial charge in [0.1, 0.15) is 35.6 Å². The summed E-state index contributed by atoms with van der Waals surface area (Å²) >= 11 is 5.78. The average molecular weight is 653 g/mol. The van der Waals surface area contributed by atoms with Gasteiger partial charge in [0.2, 0.25) is 5.88 Å². The molecule has 10 nitrogen and oxygen atoms in total. The van der Waals surface area contributed by atoms with E-state index < -0.39 is 17.6 Å². The van der Waals surface area contributed by atoms with Gasteiger partial charge in [0.05, 0.1) is 24.7 Å². The number of unbranched alkanes of at least 4 members (excludes halogenated alkanes) is 4. The van der Waals surface area contributed by atoms with Gasteiger partial charge >= 0.3 is 5.97 Å². The topological polar surface area (TPSA) is 126 Å². The molecule has 1 aromatic carbocycles. The van der Waals surface area contributed by atoms with E-state index in [9.17, 15) is 18.7 Å². The van der Waals surface area contributed by atoms with Gasteiger partial charge in [-0.25, -0.2) is 23.7 Å². The SMILES string of the molecule is N#CCCCCCCn1c(CN2CCC(Oc3ccc(F)c(COc4ccc(Cl)cc4F)n3)CC2)nc2ccc(CC(=O)O)nc21. The first-order chi connectivity index (χ1) is 22.3. The number of pyridine rings is 2. The number of hydrogen-bond acceptors (Lipinski definition) is 8. The number of fused-ring (bicyclic) bond motifs is 1. The first-order valence-electron chi connectivity index (χ1n) is 15.3. The van der Waals surface area contributed by atoms with Crippen molar-refractivity contribution in [3.63, 3.8) is 0 Å². The Hall–Kier alpha value is -4.34. The number of piperidine rings is 1. The van der Waals surface area contributed by atoms with Crippen LogP contribution in [0.5, 0.6) is 11.6 Å². The fourth-order valence-corrected chi connectivity index (χ4v) is 5.61. The van der Waals surface area contributed by atoms with Crippen LogP contribution in [-0.4, -0.2) is 54.7 Å². The number of carboxylic acid groups (broad SMARTS) is 1. The minimum absolute atomic E-state index is 0.00775. The Labute approximate surface area is 270 Å². The molecule has 0 unspecified atom stereocenters. The number of carboxylic acids is 1. The van der Waals surface area contributed by atoms with Crippen molar-refractivity contribution in [2.75, 3.05) is 13.1 Å². The number of aliphatic carboxylic acids is 1. The van der Waals surface area contributed by atoms with E-state index in [0.29, 0.717) is 30.9 Å². The molecule has 1 fully saturated rings. The second-order valence-electron chi connectivity index (χ2n) is 11.3. The molecule has 4 heterocycles. The van der Waals surface area contributed by atoms with Crippen LogP contribution in [0.4, 0.5) is 8.78 Å². The van der Waals surface area contributed by atoms with Crippen molar-refractivity contribution < 1.29 is 28.2 Å². The number of aromatic nitrogens is 4. The lowest BCUT2D eigenvalue weighted by Crippen LogP contribution is -2.38. The summed E-state index contributed by atoms with van der Waals surface area (Å²) in [4.78, 5) is 27.3. The molecule has 242 valence electrons. The Kier molecular flexibility index (Phi) is 11.3. The standard InChI is InChI=1S/C33H35ClF2N6O4/c34-22-6-10-29(26(36)18-22)45-21-28-25(35)8-11-31(40-28)46-24-12-16-41(17-13-24)20-30-39-27-9-7-23(19-32(43)44)38-33(27)42(30)15-5-3-1-2-4-14-37/h6-11,18,24H,1-5,12-13,15-17,19-21H2,(H,43,44). The fourth-order valence-electron chi connectivity index (χ4n) is 5.45. The van der Waals surface area contributed by atoms with Gasteiger partial charge in [0.15, 0.2) is 17.2 Å². The lowest BCUT2D eigenvalue weighted by molar-refractivity contribution is -0.136. The van der Waals surface area contributed by atoms with Crippen molar-refractivity contribution in [1.82, 2.24) is 24.4 Å². The van der Waals surface area contributed by atoms with Crippen LogP contribution in [-0.2, 0) is 30.9 Å². The third-order valence-electron chi connectivity index (χ3n) is 7.82. The van der Waals surface area contributed by atoms with Crippen molar-refractivity contribution in [2.24, 2.45) is 0 Å². The number of ether oxygens (including phenoxy) is 2. The minimum Gasteiger partial charge on any atom is -0.484 e. The normalized spacial score (nSPS) is 14.0. The Bertz CT molecular complexity index is 1700. The van der Waals surface area contributed by atoms with E-state index >= 15 is 0 Å². The van der Waals surface area contributed by atoms with Crippen LogP contribution >= 0.6 is 11.6 Å². The maximum absolute atomic E-state index is 14.4. The van der Waals surface area contributed by atoms with Gasteiger partial charge in [-0.3, -0.25) is 9.69 Å².